The molecule has 2 unspecified atom stereocenters. The lowest BCUT2D eigenvalue weighted by molar-refractivity contribution is -0.129. The molecule has 3 saturated heterocycles. The van der Waals surface area contributed by atoms with Gasteiger partial charge in [0.25, 0.3) is 5.91 Å². The fraction of sp³-hybridized carbons (Fsp3) is 0.500. The van der Waals surface area contributed by atoms with Crippen molar-refractivity contribution in [3.63, 3.8) is 0 Å². The van der Waals surface area contributed by atoms with Crippen molar-refractivity contribution in [3.05, 3.63) is 41.1 Å². The second kappa shape index (κ2) is 7.60. The van der Waals surface area contributed by atoms with Gasteiger partial charge in [-0.15, -0.1) is 0 Å². The number of piperidine rings is 1. The molecule has 140 valence electrons. The van der Waals surface area contributed by atoms with Crippen LogP contribution >= 0.6 is 0 Å². The normalized spacial score (nSPS) is 25.5. The van der Waals surface area contributed by atoms with Crippen LogP contribution in [-0.2, 0) is 15.1 Å². The maximum atomic E-state index is 12.3. The zero-order chi connectivity index (χ0) is 18.7. The highest BCUT2D eigenvalue weighted by Crippen LogP contribution is 2.38. The molecule has 1 aromatic rings. The van der Waals surface area contributed by atoms with Crippen molar-refractivity contribution in [1.82, 2.24) is 5.32 Å². The molecule has 0 radical (unpaired) electrons. The molecule has 5 N–H and O–H groups in total. The highest BCUT2D eigenvalue weighted by molar-refractivity contribution is 6.47. The summed E-state index contributed by atoms with van der Waals surface area (Å²) in [4.78, 5) is 12.3. The van der Waals surface area contributed by atoms with Crippen LogP contribution in [-0.4, -0.2) is 30.8 Å². The summed E-state index contributed by atoms with van der Waals surface area (Å²) in [5.41, 5.74) is 8.52. The summed E-state index contributed by atoms with van der Waals surface area (Å²) in [7, 11) is 0. The largest absolute Gasteiger partial charge is 0.402 e. The Morgan fingerprint density at radius 3 is 2.69 bits per heavy atom. The zero-order valence-corrected chi connectivity index (χ0v) is 15.5. The smallest absolute Gasteiger partial charge is 0.273 e. The van der Waals surface area contributed by atoms with E-state index in [1.165, 1.54) is 0 Å². The first-order valence-corrected chi connectivity index (χ1v) is 9.28. The Bertz CT molecular complexity index is 702. The van der Waals surface area contributed by atoms with E-state index in [-0.39, 0.29) is 11.3 Å². The molecule has 3 heterocycles. The number of allylic oxidation sites excluding steroid dienone is 1. The average molecular weight is 356 g/mol. The third-order valence-electron chi connectivity index (χ3n) is 5.41. The number of carbonyl (C=O) groups is 1. The number of benzene rings is 1. The molecule has 0 saturated carbocycles. The van der Waals surface area contributed by atoms with Gasteiger partial charge in [-0.05, 0) is 49.5 Å². The van der Waals surface area contributed by atoms with E-state index in [2.05, 4.69) is 10.6 Å². The molecular weight excluding hydrogens is 328 g/mol. The van der Waals surface area contributed by atoms with Crippen LogP contribution in [0.25, 0.3) is 0 Å². The summed E-state index contributed by atoms with van der Waals surface area (Å²) in [5, 5.41) is 14.3. The second-order valence-electron chi connectivity index (χ2n) is 7.23. The molecule has 0 aliphatic carbocycles. The molecule has 2 bridgehead atoms. The van der Waals surface area contributed by atoms with Gasteiger partial charge in [0, 0.05) is 24.0 Å². The first-order valence-electron chi connectivity index (χ1n) is 9.28. The number of nitrogens with one attached hydrogen (secondary N) is 3. The average Bonchev–Trinajstić information content (AvgIpc) is 2.69. The molecule has 1 aromatic carbocycles. The number of hydrogen-bond acceptors (Lipinski definition) is 5. The van der Waals surface area contributed by atoms with Crippen molar-refractivity contribution in [2.75, 3.05) is 18.5 Å². The summed E-state index contributed by atoms with van der Waals surface area (Å²) < 4.78 is 6.09. The van der Waals surface area contributed by atoms with E-state index in [0.717, 1.165) is 38.0 Å². The number of morpholine rings is 1. The topological polar surface area (TPSA) is 100 Å². The van der Waals surface area contributed by atoms with E-state index in [1.54, 1.807) is 6.92 Å². The Morgan fingerprint density at radius 2 is 2.15 bits per heavy atom. The standard InChI is InChI=1S/C20H28N4O2/c1-3-4-17(21)13(2)18(22)19(25)24-15-7-5-14(6-8-15)20-10-9-16(11-26-20)23-12-20/h5-8,16,22-23H,3-4,9-12,21H2,1-2H3,(H,24,25). The van der Waals surface area contributed by atoms with Crippen LogP contribution in [0.4, 0.5) is 5.69 Å². The maximum Gasteiger partial charge on any atom is 0.273 e. The van der Waals surface area contributed by atoms with Crippen molar-refractivity contribution >= 4 is 17.3 Å². The lowest BCUT2D eigenvalue weighted by atomic mass is 9.81. The van der Waals surface area contributed by atoms with Crippen LogP contribution in [0.2, 0.25) is 0 Å². The molecule has 26 heavy (non-hydrogen) atoms. The molecule has 4 rings (SSSR count). The van der Waals surface area contributed by atoms with E-state index in [4.69, 9.17) is 15.9 Å². The Labute approximate surface area is 154 Å². The number of anilines is 1. The van der Waals surface area contributed by atoms with Gasteiger partial charge in [0.1, 0.15) is 11.3 Å². The van der Waals surface area contributed by atoms with Crippen molar-refractivity contribution in [2.24, 2.45) is 5.73 Å². The van der Waals surface area contributed by atoms with Crippen LogP contribution in [0.1, 0.15) is 45.1 Å². The van der Waals surface area contributed by atoms with Crippen LogP contribution in [0.3, 0.4) is 0 Å². The van der Waals surface area contributed by atoms with Crippen molar-refractivity contribution in [2.45, 2.75) is 51.2 Å². The van der Waals surface area contributed by atoms with Crippen molar-refractivity contribution in [3.8, 4) is 0 Å². The van der Waals surface area contributed by atoms with Crippen LogP contribution < -0.4 is 16.4 Å². The van der Waals surface area contributed by atoms with Crippen molar-refractivity contribution < 1.29 is 9.53 Å². The molecule has 6 heteroatoms. The van der Waals surface area contributed by atoms with Gasteiger partial charge in [-0.25, -0.2) is 0 Å². The summed E-state index contributed by atoms with van der Waals surface area (Å²) in [6.07, 6.45) is 3.72. The maximum absolute atomic E-state index is 12.3. The number of ether oxygens (including phenoxy) is 1. The molecule has 6 nitrogen and oxygen atoms in total. The molecule has 3 aliphatic rings. The quantitative estimate of drug-likeness (QED) is 0.589. The molecule has 0 aromatic heterocycles. The minimum Gasteiger partial charge on any atom is -0.402 e. The monoisotopic (exact) mass is 356 g/mol. The van der Waals surface area contributed by atoms with E-state index in [9.17, 15) is 4.79 Å². The number of amides is 1. The Kier molecular flexibility index (Phi) is 5.44. The number of nitrogens with two attached hydrogens (primary N) is 1. The van der Waals surface area contributed by atoms with E-state index in [0.29, 0.717) is 29.4 Å². The van der Waals surface area contributed by atoms with Gasteiger partial charge in [0.05, 0.1) is 6.61 Å². The predicted molar refractivity (Wildman–Crippen MR) is 103 cm³/mol. The number of hydrogen-bond donors (Lipinski definition) is 4. The molecule has 3 aliphatic heterocycles. The highest BCUT2D eigenvalue weighted by Gasteiger charge is 2.42. The summed E-state index contributed by atoms with van der Waals surface area (Å²) >= 11 is 0. The van der Waals surface area contributed by atoms with Gasteiger partial charge in [0.15, 0.2) is 0 Å². The van der Waals surface area contributed by atoms with E-state index in [1.807, 2.05) is 31.2 Å². The minimum atomic E-state index is -0.441. The predicted octanol–water partition coefficient (Wildman–Crippen LogP) is 2.66. The fourth-order valence-electron chi connectivity index (χ4n) is 3.60. The van der Waals surface area contributed by atoms with E-state index >= 15 is 0 Å². The van der Waals surface area contributed by atoms with Gasteiger partial charge in [-0.2, -0.15) is 0 Å². The first-order chi connectivity index (χ1) is 12.4. The first kappa shape index (κ1) is 18.6. The SMILES string of the molecule is CCCC(N)=C(C)C(=N)C(=O)Nc1ccc(C23CCC(CO2)NC3)cc1. The number of carbonyl (C=O) groups excluding carboxylic acids is 1. The lowest BCUT2D eigenvalue weighted by Crippen LogP contribution is -2.57. The summed E-state index contributed by atoms with van der Waals surface area (Å²) in [6.45, 7) is 5.32. The highest BCUT2D eigenvalue weighted by atomic mass is 16.5. The van der Waals surface area contributed by atoms with Gasteiger partial charge >= 0.3 is 0 Å². The molecule has 1 amide bonds. The zero-order valence-electron chi connectivity index (χ0n) is 15.5. The molecule has 0 spiro atoms. The van der Waals surface area contributed by atoms with Crippen LogP contribution in [0.15, 0.2) is 35.5 Å². The Morgan fingerprint density at radius 1 is 1.42 bits per heavy atom. The van der Waals surface area contributed by atoms with Gasteiger partial charge < -0.3 is 21.1 Å². The van der Waals surface area contributed by atoms with Crippen molar-refractivity contribution in [1.29, 1.82) is 5.41 Å². The number of rotatable bonds is 6. The Balaban J connectivity index is 1.67. The van der Waals surface area contributed by atoms with Crippen LogP contribution in [0, 0.1) is 5.41 Å². The van der Waals surface area contributed by atoms with E-state index < -0.39 is 5.91 Å². The minimum absolute atomic E-state index is 0.0863. The molecule has 3 fully saturated rings. The number of fused-ring (bicyclic) bond motifs is 3. The third kappa shape index (κ3) is 3.66. The summed E-state index contributed by atoms with van der Waals surface area (Å²) in [6, 6.07) is 8.22. The van der Waals surface area contributed by atoms with Gasteiger partial charge in [-0.3, -0.25) is 10.2 Å². The molecular formula is C20H28N4O2. The van der Waals surface area contributed by atoms with Gasteiger partial charge in [0.2, 0.25) is 0 Å². The molecule has 2 atom stereocenters. The van der Waals surface area contributed by atoms with Crippen LogP contribution in [0.5, 0.6) is 0 Å². The lowest BCUT2D eigenvalue weighted by Gasteiger charge is -2.47. The third-order valence-corrected chi connectivity index (χ3v) is 5.41. The Hall–Kier alpha value is -2.18. The van der Waals surface area contributed by atoms with Gasteiger partial charge in [-0.1, -0.05) is 25.5 Å². The summed E-state index contributed by atoms with van der Waals surface area (Å²) in [5.74, 6) is -0.441. The fourth-order valence-corrected chi connectivity index (χ4v) is 3.60. The second-order valence-corrected chi connectivity index (χ2v) is 7.23.